The molecule has 33 heavy (non-hydrogen) atoms. The molecule has 1 aliphatic heterocycles. The number of carbonyl (C=O) groups is 1. The van der Waals surface area contributed by atoms with Crippen LogP contribution in [0, 0.1) is 0 Å². The Morgan fingerprint density at radius 3 is 2.52 bits per heavy atom. The fraction of sp³-hybridized carbons (Fsp3) is 0.500. The Bertz CT molecular complexity index is 957. The van der Waals surface area contributed by atoms with Crippen LogP contribution in [0.15, 0.2) is 24.3 Å². The first-order valence-electron chi connectivity index (χ1n) is 9.95. The minimum atomic E-state index is -4.92. The Balaban J connectivity index is 1.67. The highest BCUT2D eigenvalue weighted by atomic mass is 32.1. The largest absolute Gasteiger partial charge is 0.435 e. The van der Waals surface area contributed by atoms with Crippen molar-refractivity contribution in [3.63, 3.8) is 0 Å². The Labute approximate surface area is 189 Å². The van der Waals surface area contributed by atoms with Crippen molar-refractivity contribution in [2.24, 2.45) is 0 Å². The van der Waals surface area contributed by atoms with Gasteiger partial charge in [-0.25, -0.2) is 4.98 Å². The van der Waals surface area contributed by atoms with Gasteiger partial charge in [0.1, 0.15) is 16.0 Å². The average molecular weight is 497 g/mol. The molecular weight excluding hydrogens is 476 g/mol. The molecule has 1 aliphatic rings. The number of nitrogens with one attached hydrogen (secondary N) is 1. The van der Waals surface area contributed by atoms with E-state index in [4.69, 9.17) is 4.74 Å². The number of rotatable bonds is 7. The Morgan fingerprint density at radius 2 is 1.88 bits per heavy atom. The molecule has 1 fully saturated rings. The number of morpholine rings is 1. The number of benzene rings is 1. The van der Waals surface area contributed by atoms with Crippen LogP contribution in [0.2, 0.25) is 0 Å². The lowest BCUT2D eigenvalue weighted by atomic mass is 10.1. The minimum absolute atomic E-state index is 0.0116. The van der Waals surface area contributed by atoms with E-state index in [-0.39, 0.29) is 30.1 Å². The summed E-state index contributed by atoms with van der Waals surface area (Å²) in [5.41, 5.74) is -1.99. The molecule has 1 aromatic carbocycles. The van der Waals surface area contributed by atoms with E-state index < -0.39 is 40.5 Å². The summed E-state index contributed by atoms with van der Waals surface area (Å²) >= 11 is 0.443. The monoisotopic (exact) mass is 497 g/mol. The summed E-state index contributed by atoms with van der Waals surface area (Å²) in [4.78, 5) is 17.0. The number of amides is 1. The lowest BCUT2D eigenvalue weighted by Crippen LogP contribution is -2.38. The summed E-state index contributed by atoms with van der Waals surface area (Å²) in [6.07, 6.45) is -10.8. The minimum Gasteiger partial charge on any atom is -0.385 e. The maximum atomic E-state index is 13.4. The molecule has 182 valence electrons. The summed E-state index contributed by atoms with van der Waals surface area (Å²) in [7, 11) is 0. The van der Waals surface area contributed by atoms with Crippen molar-refractivity contribution in [2.45, 2.75) is 24.9 Å². The molecule has 1 saturated heterocycles. The van der Waals surface area contributed by atoms with E-state index in [0.29, 0.717) is 37.6 Å². The van der Waals surface area contributed by atoms with Gasteiger partial charge in [0.2, 0.25) is 0 Å². The van der Waals surface area contributed by atoms with Crippen LogP contribution < -0.4 is 5.32 Å². The zero-order valence-corrected chi connectivity index (χ0v) is 18.0. The lowest BCUT2D eigenvalue weighted by Gasteiger charge is -2.27. The van der Waals surface area contributed by atoms with Crippen molar-refractivity contribution < 1.29 is 41.0 Å². The standard InChI is InChI=1S/C20H21F6N3O3S/c21-19(22,23)13-3-1-2-12(10-13)4-5-27-17(31)15-16(20(24,25)26)28-18(33-15)14(30)11-29-6-8-32-9-7-29/h1-3,10,14,30H,4-9,11H2,(H,27,31). The van der Waals surface area contributed by atoms with Crippen LogP contribution >= 0.6 is 11.3 Å². The smallest absolute Gasteiger partial charge is 0.385 e. The van der Waals surface area contributed by atoms with Crippen LogP contribution in [0.1, 0.15) is 37.6 Å². The third-order valence-corrected chi connectivity index (χ3v) is 6.05. The molecule has 2 N–H and O–H groups in total. The van der Waals surface area contributed by atoms with Crippen molar-refractivity contribution in [3.05, 3.63) is 51.0 Å². The first-order chi connectivity index (χ1) is 15.4. The number of hydrogen-bond acceptors (Lipinski definition) is 6. The molecule has 1 amide bonds. The first kappa shape index (κ1) is 25.4. The highest BCUT2D eigenvalue weighted by molar-refractivity contribution is 7.13. The zero-order chi connectivity index (χ0) is 24.2. The average Bonchev–Trinajstić information content (AvgIpc) is 3.21. The van der Waals surface area contributed by atoms with Crippen LogP contribution in [-0.2, 0) is 23.5 Å². The predicted molar refractivity (Wildman–Crippen MR) is 107 cm³/mol. The number of nitrogens with zero attached hydrogens (tertiary/aromatic N) is 2. The number of halogens is 6. The van der Waals surface area contributed by atoms with Gasteiger partial charge in [-0.2, -0.15) is 26.3 Å². The Hall–Kier alpha value is -2.22. The van der Waals surface area contributed by atoms with Gasteiger partial charge in [-0.15, -0.1) is 11.3 Å². The Morgan fingerprint density at radius 1 is 1.18 bits per heavy atom. The van der Waals surface area contributed by atoms with Gasteiger partial charge in [0.25, 0.3) is 5.91 Å². The summed E-state index contributed by atoms with van der Waals surface area (Å²) in [5, 5.41) is 12.4. The fourth-order valence-corrected chi connectivity index (χ4v) is 4.21. The number of ether oxygens (including phenoxy) is 1. The van der Waals surface area contributed by atoms with Crippen molar-refractivity contribution in [1.82, 2.24) is 15.2 Å². The fourth-order valence-electron chi connectivity index (χ4n) is 3.24. The molecule has 3 rings (SSSR count). The van der Waals surface area contributed by atoms with Crippen LogP contribution in [0.5, 0.6) is 0 Å². The van der Waals surface area contributed by atoms with Crippen molar-refractivity contribution >= 4 is 17.2 Å². The maximum Gasteiger partial charge on any atom is 0.435 e. The molecule has 1 atom stereocenters. The van der Waals surface area contributed by atoms with E-state index in [9.17, 15) is 36.2 Å². The molecule has 1 unspecified atom stereocenters. The second-order valence-electron chi connectivity index (χ2n) is 7.36. The SMILES string of the molecule is O=C(NCCc1cccc(C(F)(F)F)c1)c1sc(C(O)CN2CCOCC2)nc1C(F)(F)F. The Kier molecular flexibility index (Phi) is 7.98. The predicted octanol–water partition coefficient (Wildman–Crippen LogP) is 3.52. The molecule has 13 heteroatoms. The third kappa shape index (κ3) is 6.88. The number of aliphatic hydroxyl groups is 1. The van der Waals surface area contributed by atoms with E-state index in [1.165, 1.54) is 12.1 Å². The third-order valence-electron chi connectivity index (χ3n) is 4.89. The van der Waals surface area contributed by atoms with E-state index in [1.54, 1.807) is 0 Å². The van der Waals surface area contributed by atoms with Crippen molar-refractivity contribution in [2.75, 3.05) is 39.4 Å². The van der Waals surface area contributed by atoms with Crippen LogP contribution in [0.4, 0.5) is 26.3 Å². The lowest BCUT2D eigenvalue weighted by molar-refractivity contribution is -0.141. The van der Waals surface area contributed by atoms with Gasteiger partial charge in [0.15, 0.2) is 5.69 Å². The second-order valence-corrected chi connectivity index (χ2v) is 8.39. The summed E-state index contributed by atoms with van der Waals surface area (Å²) in [6, 6.07) is 4.46. The maximum absolute atomic E-state index is 13.4. The van der Waals surface area contributed by atoms with E-state index in [2.05, 4.69) is 10.3 Å². The quantitative estimate of drug-likeness (QED) is 0.573. The van der Waals surface area contributed by atoms with Gasteiger partial charge in [0.05, 0.1) is 18.8 Å². The number of hydrogen-bond donors (Lipinski definition) is 2. The number of aliphatic hydroxyl groups excluding tert-OH is 1. The van der Waals surface area contributed by atoms with Crippen LogP contribution in [0.3, 0.4) is 0 Å². The molecule has 0 spiro atoms. The molecule has 2 heterocycles. The number of carbonyl (C=O) groups excluding carboxylic acids is 1. The van der Waals surface area contributed by atoms with Crippen LogP contribution in [0.25, 0.3) is 0 Å². The zero-order valence-electron chi connectivity index (χ0n) is 17.2. The van der Waals surface area contributed by atoms with Crippen LogP contribution in [-0.4, -0.2) is 60.3 Å². The van der Waals surface area contributed by atoms with E-state index >= 15 is 0 Å². The molecule has 0 radical (unpaired) electrons. The molecule has 2 aromatic rings. The second kappa shape index (κ2) is 10.4. The van der Waals surface area contributed by atoms with E-state index in [0.717, 1.165) is 12.1 Å². The number of β-amino-alcohol motifs (C(OH)–C–C–N with tert-alkyl or cyclic N) is 1. The summed E-state index contributed by atoms with van der Waals surface area (Å²) in [6.45, 7) is 1.77. The van der Waals surface area contributed by atoms with Gasteiger partial charge in [0, 0.05) is 26.2 Å². The highest BCUT2D eigenvalue weighted by Crippen LogP contribution is 2.36. The molecule has 1 aromatic heterocycles. The van der Waals surface area contributed by atoms with Gasteiger partial charge in [-0.3, -0.25) is 9.69 Å². The van der Waals surface area contributed by atoms with Crippen molar-refractivity contribution in [3.8, 4) is 0 Å². The van der Waals surface area contributed by atoms with Gasteiger partial charge in [-0.1, -0.05) is 18.2 Å². The molecule has 0 bridgehead atoms. The van der Waals surface area contributed by atoms with Gasteiger partial charge in [-0.05, 0) is 18.1 Å². The summed E-state index contributed by atoms with van der Waals surface area (Å²) < 4.78 is 83.9. The number of aromatic nitrogens is 1. The molecule has 6 nitrogen and oxygen atoms in total. The number of thiazole rings is 1. The van der Waals surface area contributed by atoms with E-state index in [1.807, 2.05) is 4.90 Å². The number of alkyl halides is 6. The first-order valence-corrected chi connectivity index (χ1v) is 10.8. The highest BCUT2D eigenvalue weighted by Gasteiger charge is 2.40. The van der Waals surface area contributed by atoms with Gasteiger partial charge < -0.3 is 15.2 Å². The van der Waals surface area contributed by atoms with Gasteiger partial charge >= 0.3 is 12.4 Å². The normalized spacial score (nSPS) is 16.6. The molecular formula is C20H21F6N3O3S. The summed E-state index contributed by atoms with van der Waals surface area (Å²) in [5.74, 6) is -1.06. The van der Waals surface area contributed by atoms with Crippen molar-refractivity contribution in [1.29, 1.82) is 0 Å². The molecule has 0 aliphatic carbocycles. The topological polar surface area (TPSA) is 74.7 Å². The molecule has 0 saturated carbocycles.